The first-order valence-electron chi connectivity index (χ1n) is 15.4. The van der Waals surface area contributed by atoms with Crippen molar-refractivity contribution in [2.75, 3.05) is 47.7 Å². The maximum absolute atomic E-state index is 13.5. The second-order valence-electron chi connectivity index (χ2n) is 12.1. The molecule has 14 nitrogen and oxygen atoms in total. The molecule has 49 heavy (non-hydrogen) atoms. The molecule has 2 aliphatic rings. The Kier molecular flexibility index (Phi) is 10.9. The van der Waals surface area contributed by atoms with Crippen molar-refractivity contribution in [2.45, 2.75) is 38.5 Å². The topological polar surface area (TPSA) is 157 Å². The fraction of sp³-hybridized carbons (Fsp3) is 0.371. The Balaban J connectivity index is 1.29. The molecule has 0 radical (unpaired) electrons. The molecule has 0 aliphatic carbocycles. The molecule has 0 bridgehead atoms. The van der Waals surface area contributed by atoms with Crippen molar-refractivity contribution in [2.24, 2.45) is 0 Å². The Morgan fingerprint density at radius 1 is 0.816 bits per heavy atom. The van der Waals surface area contributed by atoms with Crippen LogP contribution >= 0.6 is 0 Å². The van der Waals surface area contributed by atoms with Crippen LogP contribution in [0.15, 0.2) is 60.7 Å². The highest BCUT2D eigenvalue weighted by Crippen LogP contribution is 2.39. The number of hydrogen-bond donors (Lipinski definition) is 1. The van der Waals surface area contributed by atoms with E-state index in [4.69, 9.17) is 37.9 Å². The Labute approximate surface area is 283 Å². The summed E-state index contributed by atoms with van der Waals surface area (Å²) < 4.78 is 43.0. The van der Waals surface area contributed by atoms with Crippen molar-refractivity contribution in [1.82, 2.24) is 10.2 Å². The van der Waals surface area contributed by atoms with Crippen LogP contribution in [0, 0.1) is 0 Å². The summed E-state index contributed by atoms with van der Waals surface area (Å²) in [7, 11) is 2.96. The normalized spacial score (nSPS) is 16.6. The molecule has 14 heteroatoms. The Morgan fingerprint density at radius 3 is 2.08 bits per heavy atom. The summed E-state index contributed by atoms with van der Waals surface area (Å²) >= 11 is 0. The van der Waals surface area contributed by atoms with E-state index in [1.54, 1.807) is 51.1 Å². The van der Waals surface area contributed by atoms with Crippen LogP contribution in [-0.4, -0.2) is 94.1 Å². The summed E-state index contributed by atoms with van der Waals surface area (Å²) in [4.78, 5) is 54.3. The minimum absolute atomic E-state index is 0.0136. The van der Waals surface area contributed by atoms with E-state index in [1.807, 2.05) is 0 Å². The summed E-state index contributed by atoms with van der Waals surface area (Å²) in [5, 5.41) is 2.88. The zero-order valence-corrected chi connectivity index (χ0v) is 27.8. The zero-order chi connectivity index (χ0) is 35.1. The Hall–Kier alpha value is -5.34. The highest BCUT2D eigenvalue weighted by Gasteiger charge is 2.40. The number of esters is 1. The van der Waals surface area contributed by atoms with E-state index < -0.39 is 35.7 Å². The molecule has 0 aromatic heterocycles. The molecule has 2 amide bonds. The van der Waals surface area contributed by atoms with E-state index in [1.165, 1.54) is 49.5 Å². The summed E-state index contributed by atoms with van der Waals surface area (Å²) in [6.07, 6.45) is -1.51. The number of carbonyl (C=O) groups excluding carboxylic acids is 4. The molecule has 260 valence electrons. The van der Waals surface area contributed by atoms with E-state index in [9.17, 15) is 19.2 Å². The number of ether oxygens (including phenoxy) is 8. The highest BCUT2D eigenvalue weighted by atomic mass is 16.7. The minimum Gasteiger partial charge on any atom is -0.468 e. The molecular formula is C35H38N2O12. The quantitative estimate of drug-likeness (QED) is 0.166. The van der Waals surface area contributed by atoms with Gasteiger partial charge in [0.15, 0.2) is 30.9 Å². The van der Waals surface area contributed by atoms with Gasteiger partial charge in [-0.05, 0) is 63.2 Å². The average Bonchev–Trinajstić information content (AvgIpc) is 3.71. The first-order valence-corrected chi connectivity index (χ1v) is 15.4. The van der Waals surface area contributed by atoms with Gasteiger partial charge in [-0.15, -0.1) is 0 Å². The molecule has 3 aromatic rings. The SMILES string of the molecule is COCOc1ccc(C(=O)NC2CN(C(=O)OC(C)(C)C)CC2OC(=O)c2ccc(C(=O)c3cc4c(cc3OCOC)OCO4)cc2)cc1. The van der Waals surface area contributed by atoms with Crippen molar-refractivity contribution in [3.05, 3.63) is 82.9 Å². The molecule has 2 aliphatic heterocycles. The zero-order valence-electron chi connectivity index (χ0n) is 27.8. The molecule has 1 fully saturated rings. The van der Waals surface area contributed by atoms with Crippen molar-refractivity contribution in [3.8, 4) is 23.0 Å². The van der Waals surface area contributed by atoms with Gasteiger partial charge in [-0.25, -0.2) is 9.59 Å². The lowest BCUT2D eigenvalue weighted by Gasteiger charge is -2.24. The van der Waals surface area contributed by atoms with Crippen LogP contribution in [0.5, 0.6) is 23.0 Å². The van der Waals surface area contributed by atoms with Gasteiger partial charge in [0.2, 0.25) is 6.79 Å². The molecule has 3 aromatic carbocycles. The summed E-state index contributed by atoms with van der Waals surface area (Å²) in [5.74, 6) is 0.0910. The third-order valence-electron chi connectivity index (χ3n) is 7.39. The second-order valence-corrected chi connectivity index (χ2v) is 12.1. The molecule has 1 saturated heterocycles. The fourth-order valence-electron chi connectivity index (χ4n) is 5.05. The summed E-state index contributed by atoms with van der Waals surface area (Å²) in [6.45, 7) is 5.25. The van der Waals surface area contributed by atoms with Crippen LogP contribution in [0.3, 0.4) is 0 Å². The van der Waals surface area contributed by atoms with E-state index >= 15 is 0 Å². The monoisotopic (exact) mass is 678 g/mol. The molecule has 1 N–H and O–H groups in total. The van der Waals surface area contributed by atoms with Gasteiger partial charge >= 0.3 is 12.1 Å². The lowest BCUT2D eigenvalue weighted by Crippen LogP contribution is -2.44. The number of fused-ring (bicyclic) bond motifs is 1. The van der Waals surface area contributed by atoms with Gasteiger partial charge in [-0.3, -0.25) is 9.59 Å². The average molecular weight is 679 g/mol. The van der Waals surface area contributed by atoms with Gasteiger partial charge in [0.1, 0.15) is 23.2 Å². The number of ketones is 1. The third-order valence-corrected chi connectivity index (χ3v) is 7.39. The first kappa shape index (κ1) is 35.0. The first-order chi connectivity index (χ1) is 23.5. The predicted molar refractivity (Wildman–Crippen MR) is 172 cm³/mol. The number of rotatable bonds is 12. The lowest BCUT2D eigenvalue weighted by molar-refractivity contribution is 0.0178. The van der Waals surface area contributed by atoms with Gasteiger partial charge < -0.3 is 48.1 Å². The predicted octanol–water partition coefficient (Wildman–Crippen LogP) is 4.19. The number of hydrogen-bond acceptors (Lipinski definition) is 12. The number of benzene rings is 3. The van der Waals surface area contributed by atoms with Crippen molar-refractivity contribution >= 4 is 23.8 Å². The molecule has 2 heterocycles. The summed E-state index contributed by atoms with van der Waals surface area (Å²) in [6, 6.07) is 14.7. The Bertz CT molecular complexity index is 1670. The van der Waals surface area contributed by atoms with Crippen molar-refractivity contribution in [3.63, 3.8) is 0 Å². The fourth-order valence-corrected chi connectivity index (χ4v) is 5.05. The second kappa shape index (κ2) is 15.3. The number of carbonyl (C=O) groups is 4. The lowest BCUT2D eigenvalue weighted by atomic mass is 10.0. The van der Waals surface area contributed by atoms with Crippen LogP contribution in [0.2, 0.25) is 0 Å². The van der Waals surface area contributed by atoms with E-state index in [0.717, 1.165) is 0 Å². The van der Waals surface area contributed by atoms with Gasteiger partial charge in [-0.2, -0.15) is 0 Å². The molecule has 0 saturated carbocycles. The maximum Gasteiger partial charge on any atom is 0.410 e. The third kappa shape index (κ3) is 8.77. The largest absolute Gasteiger partial charge is 0.468 e. The van der Waals surface area contributed by atoms with Crippen molar-refractivity contribution in [1.29, 1.82) is 0 Å². The maximum atomic E-state index is 13.5. The van der Waals surface area contributed by atoms with E-state index in [-0.39, 0.29) is 61.7 Å². The molecule has 5 rings (SSSR count). The van der Waals surface area contributed by atoms with E-state index in [2.05, 4.69) is 5.32 Å². The highest BCUT2D eigenvalue weighted by molar-refractivity contribution is 6.11. The molecule has 2 atom stereocenters. The van der Waals surface area contributed by atoms with Crippen LogP contribution < -0.4 is 24.3 Å². The van der Waals surface area contributed by atoms with E-state index in [0.29, 0.717) is 22.8 Å². The number of nitrogens with one attached hydrogen (secondary N) is 1. The Morgan fingerprint density at radius 2 is 1.43 bits per heavy atom. The van der Waals surface area contributed by atoms with Crippen LogP contribution in [0.1, 0.15) is 57.4 Å². The van der Waals surface area contributed by atoms with Crippen molar-refractivity contribution < 1.29 is 57.1 Å². The van der Waals surface area contributed by atoms with Gasteiger partial charge in [0.25, 0.3) is 5.91 Å². The smallest absolute Gasteiger partial charge is 0.410 e. The number of methoxy groups -OCH3 is 2. The number of amides is 2. The summed E-state index contributed by atoms with van der Waals surface area (Å²) in [5.41, 5.74) is 0.238. The van der Waals surface area contributed by atoms with Gasteiger partial charge in [0.05, 0.1) is 23.7 Å². The van der Waals surface area contributed by atoms with Crippen LogP contribution in [0.4, 0.5) is 4.79 Å². The minimum atomic E-state index is -0.899. The van der Waals surface area contributed by atoms with Crippen LogP contribution in [-0.2, 0) is 18.9 Å². The van der Waals surface area contributed by atoms with Gasteiger partial charge in [-0.1, -0.05) is 12.1 Å². The number of likely N-dealkylation sites (tertiary alicyclic amines) is 1. The molecular weight excluding hydrogens is 640 g/mol. The molecule has 0 spiro atoms. The van der Waals surface area contributed by atoms with Crippen LogP contribution in [0.25, 0.3) is 0 Å². The van der Waals surface area contributed by atoms with Gasteiger partial charge in [0, 0.05) is 38.0 Å². The standard InChI is InChI=1S/C35H38N2O12/c1-35(2,3)49-34(41)37-16-26(36-32(39)22-10-12-24(13-11-22)44-18-42-4)30(17-37)48-33(40)23-8-6-21(7-9-23)31(38)25-14-28-29(47-20-46-28)15-27(25)45-19-43-5/h6-15,26,30H,16-20H2,1-5H3,(H,36,39). The molecule has 2 unspecified atom stereocenters. The number of nitrogens with zero attached hydrogens (tertiary/aromatic N) is 1.